The Morgan fingerprint density at radius 1 is 1.17 bits per heavy atom. The number of methoxy groups -OCH3 is 1. The van der Waals surface area contributed by atoms with E-state index in [2.05, 4.69) is 36.6 Å². The molecule has 1 aromatic carbocycles. The third-order valence-corrected chi connectivity index (χ3v) is 8.11. The first kappa shape index (κ1) is 20.1. The van der Waals surface area contributed by atoms with E-state index in [-0.39, 0.29) is 11.0 Å². The van der Waals surface area contributed by atoms with E-state index in [4.69, 9.17) is 4.74 Å². The van der Waals surface area contributed by atoms with Gasteiger partial charge in [-0.15, -0.1) is 0 Å². The molecule has 1 aliphatic heterocycles. The molecule has 2 N–H and O–H groups in total. The van der Waals surface area contributed by atoms with Crippen LogP contribution in [0.5, 0.6) is 5.75 Å². The lowest BCUT2D eigenvalue weighted by atomic mass is 9.48. The number of allylic oxidation sites excluding steroid dienone is 1. The van der Waals surface area contributed by atoms with E-state index in [0.29, 0.717) is 5.78 Å². The highest BCUT2D eigenvalue weighted by Gasteiger charge is 2.54. The lowest BCUT2D eigenvalue weighted by Gasteiger charge is -2.55. The maximum absolute atomic E-state index is 13.8. The maximum Gasteiger partial charge on any atom is 0.163 e. The van der Waals surface area contributed by atoms with Gasteiger partial charge in [-0.05, 0) is 101 Å². The molecule has 4 bridgehead atoms. The van der Waals surface area contributed by atoms with Gasteiger partial charge in [-0.1, -0.05) is 0 Å². The van der Waals surface area contributed by atoms with Gasteiger partial charge in [0.1, 0.15) is 5.75 Å². The fourth-order valence-electron chi connectivity index (χ4n) is 7.35. The summed E-state index contributed by atoms with van der Waals surface area (Å²) >= 11 is 0. The smallest absolute Gasteiger partial charge is 0.163 e. The van der Waals surface area contributed by atoms with Crippen LogP contribution in [0.15, 0.2) is 18.2 Å². The van der Waals surface area contributed by atoms with Crippen molar-refractivity contribution in [2.45, 2.75) is 70.9 Å². The quantitative estimate of drug-likeness (QED) is 0.706. The van der Waals surface area contributed by atoms with Crippen LogP contribution in [0.4, 0.5) is 0 Å². The fourth-order valence-corrected chi connectivity index (χ4v) is 7.35. The zero-order valence-corrected chi connectivity index (χ0v) is 18.9. The zero-order chi connectivity index (χ0) is 21.1. The van der Waals surface area contributed by atoms with E-state index >= 15 is 0 Å². The number of hydrogen-bond donors (Lipinski definition) is 2. The molecule has 4 nitrogen and oxygen atoms in total. The van der Waals surface area contributed by atoms with Crippen molar-refractivity contribution >= 4 is 11.5 Å². The number of carbonyl (C=O) groups excluding carboxylic acids is 1. The Kier molecular flexibility index (Phi) is 4.77. The monoisotopic (exact) mass is 408 g/mol. The lowest BCUT2D eigenvalue weighted by molar-refractivity contribution is -0.138. The molecule has 6 rings (SSSR count). The predicted octanol–water partition coefficient (Wildman–Crippen LogP) is 4.47. The van der Waals surface area contributed by atoms with Crippen LogP contribution in [-0.2, 0) is 17.8 Å². The van der Waals surface area contributed by atoms with Crippen molar-refractivity contribution in [3.63, 3.8) is 0 Å². The third kappa shape index (κ3) is 3.37. The van der Waals surface area contributed by atoms with Crippen LogP contribution in [0.25, 0.3) is 5.70 Å². The maximum atomic E-state index is 13.8. The van der Waals surface area contributed by atoms with Crippen LogP contribution < -0.4 is 15.4 Å². The summed E-state index contributed by atoms with van der Waals surface area (Å²) in [5, 5.41) is 6.94. The summed E-state index contributed by atoms with van der Waals surface area (Å²) in [6, 6.07) is 4.39. The van der Waals surface area contributed by atoms with Crippen molar-refractivity contribution < 1.29 is 9.53 Å². The minimum atomic E-state index is -0.0918. The Hall–Kier alpha value is -1.81. The number of ether oxygens (including phenoxy) is 1. The summed E-state index contributed by atoms with van der Waals surface area (Å²) in [5.74, 6) is 3.65. The average Bonchev–Trinajstić information content (AvgIpc) is 2.66. The number of ketones is 1. The number of nitrogens with one attached hydrogen (secondary N) is 2. The van der Waals surface area contributed by atoms with Gasteiger partial charge in [-0.2, -0.15) is 0 Å². The number of carbonyl (C=O) groups is 1. The molecule has 4 saturated carbocycles. The molecule has 162 valence electrons. The van der Waals surface area contributed by atoms with Gasteiger partial charge in [0.15, 0.2) is 5.78 Å². The molecular formula is C26H36N2O2. The highest BCUT2D eigenvalue weighted by atomic mass is 16.5. The number of rotatable bonds is 5. The molecular weight excluding hydrogens is 372 g/mol. The Morgan fingerprint density at radius 2 is 1.80 bits per heavy atom. The van der Waals surface area contributed by atoms with Crippen LogP contribution in [0, 0.1) is 23.2 Å². The van der Waals surface area contributed by atoms with Crippen LogP contribution >= 0.6 is 0 Å². The van der Waals surface area contributed by atoms with Gasteiger partial charge in [-0.3, -0.25) is 4.79 Å². The van der Waals surface area contributed by atoms with Gasteiger partial charge < -0.3 is 15.4 Å². The van der Waals surface area contributed by atoms with Crippen molar-refractivity contribution in [2.75, 3.05) is 14.2 Å². The summed E-state index contributed by atoms with van der Waals surface area (Å²) in [6.07, 6.45) is 10.3. The molecule has 1 aromatic rings. The van der Waals surface area contributed by atoms with E-state index < -0.39 is 0 Å². The van der Waals surface area contributed by atoms with Crippen molar-refractivity contribution in [3.8, 4) is 5.75 Å². The van der Waals surface area contributed by atoms with Gasteiger partial charge in [0.05, 0.1) is 7.11 Å². The number of hydrogen-bond acceptors (Lipinski definition) is 4. The first-order chi connectivity index (χ1) is 14.3. The molecule has 0 unspecified atom stereocenters. The molecule has 0 atom stereocenters. The summed E-state index contributed by atoms with van der Waals surface area (Å²) in [7, 11) is 3.69. The summed E-state index contributed by atoms with van der Waals surface area (Å²) in [6.45, 7) is 5.18. The normalized spacial score (nSPS) is 34.5. The van der Waals surface area contributed by atoms with E-state index in [1.54, 1.807) is 7.11 Å². The second kappa shape index (κ2) is 7.12. The molecule has 0 saturated heterocycles. The first-order valence-electron chi connectivity index (χ1n) is 11.7. The molecule has 0 amide bonds. The molecule has 4 fully saturated rings. The van der Waals surface area contributed by atoms with E-state index in [0.717, 1.165) is 67.0 Å². The molecule has 1 heterocycles. The lowest BCUT2D eigenvalue weighted by Crippen LogP contribution is -2.50. The fraction of sp³-hybridized carbons (Fsp3) is 0.654. The minimum Gasteiger partial charge on any atom is -0.496 e. The summed E-state index contributed by atoms with van der Waals surface area (Å²) < 4.78 is 5.67. The SMILES string of the molecule is CNCc1cc2c(cc1OC)CC(C)(C)NC2=CC(=O)C12CC3CC(CC(C3)C1)C2. The van der Waals surface area contributed by atoms with Crippen LogP contribution in [0.1, 0.15) is 69.1 Å². The van der Waals surface area contributed by atoms with Crippen molar-refractivity contribution in [1.82, 2.24) is 10.6 Å². The molecule has 0 spiro atoms. The van der Waals surface area contributed by atoms with Gasteiger partial charge in [-0.25, -0.2) is 0 Å². The van der Waals surface area contributed by atoms with Crippen LogP contribution in [0.3, 0.4) is 0 Å². The second-order valence-electron chi connectivity index (χ2n) is 11.2. The Balaban J connectivity index is 1.53. The molecule has 0 aromatic heterocycles. The van der Waals surface area contributed by atoms with E-state index in [9.17, 15) is 4.79 Å². The highest BCUT2D eigenvalue weighted by molar-refractivity contribution is 6.01. The number of fused-ring (bicyclic) bond motifs is 1. The third-order valence-electron chi connectivity index (χ3n) is 8.11. The molecule has 4 heteroatoms. The molecule has 5 aliphatic rings. The van der Waals surface area contributed by atoms with Crippen LogP contribution in [0.2, 0.25) is 0 Å². The van der Waals surface area contributed by atoms with Gasteiger partial charge in [0.25, 0.3) is 0 Å². The Morgan fingerprint density at radius 3 is 2.37 bits per heavy atom. The predicted molar refractivity (Wildman–Crippen MR) is 120 cm³/mol. The molecule has 30 heavy (non-hydrogen) atoms. The van der Waals surface area contributed by atoms with E-state index in [1.165, 1.54) is 30.4 Å². The van der Waals surface area contributed by atoms with E-state index in [1.807, 2.05) is 13.1 Å². The van der Waals surface area contributed by atoms with Crippen molar-refractivity contribution in [1.29, 1.82) is 0 Å². The number of benzene rings is 1. The molecule has 4 aliphatic carbocycles. The summed E-state index contributed by atoms with van der Waals surface area (Å²) in [4.78, 5) is 13.8. The van der Waals surface area contributed by atoms with Gasteiger partial charge in [0, 0.05) is 40.4 Å². The largest absolute Gasteiger partial charge is 0.496 e. The minimum absolute atomic E-state index is 0.0872. The Labute approximate surface area is 180 Å². The van der Waals surface area contributed by atoms with Crippen molar-refractivity contribution in [2.24, 2.45) is 23.2 Å². The van der Waals surface area contributed by atoms with Gasteiger partial charge >= 0.3 is 0 Å². The first-order valence-corrected chi connectivity index (χ1v) is 11.7. The second-order valence-corrected chi connectivity index (χ2v) is 11.2. The topological polar surface area (TPSA) is 50.4 Å². The standard InChI is InChI=1S/C26H36N2O2/c1-25(2)14-19-9-23(30-4)20(15-27-3)8-21(19)22(28-25)10-24(29)26-11-16-5-17(12-26)7-18(6-16)13-26/h8-10,16-18,27-28H,5-7,11-15H2,1-4H3. The highest BCUT2D eigenvalue weighted by Crippen LogP contribution is 2.60. The van der Waals surface area contributed by atoms with Crippen LogP contribution in [-0.4, -0.2) is 25.5 Å². The Bertz CT molecular complexity index is 863. The molecule has 0 radical (unpaired) electrons. The van der Waals surface area contributed by atoms with Gasteiger partial charge in [0.2, 0.25) is 0 Å². The summed E-state index contributed by atoms with van der Waals surface area (Å²) in [5.41, 5.74) is 4.38. The zero-order valence-electron chi connectivity index (χ0n) is 18.9. The average molecular weight is 409 g/mol. The van der Waals surface area contributed by atoms with Crippen molar-refractivity contribution in [3.05, 3.63) is 34.9 Å².